The molecule has 1 aromatic rings. The molecule has 9 heteroatoms. The number of ether oxygens (including phenoxy) is 1. The second kappa shape index (κ2) is 9.50. The number of hydrogen-bond donors (Lipinski definition) is 1. The molecule has 27 heavy (non-hydrogen) atoms. The zero-order chi connectivity index (χ0) is 19.9. The lowest BCUT2D eigenvalue weighted by atomic mass is 10.1. The molecule has 2 atom stereocenters. The highest BCUT2D eigenvalue weighted by atomic mass is 35.5. The third kappa shape index (κ3) is 6.67. The van der Waals surface area contributed by atoms with Crippen LogP contribution in [0.1, 0.15) is 22.5 Å². The van der Waals surface area contributed by atoms with Crippen LogP contribution in [-0.2, 0) is 4.74 Å². The number of pyridine rings is 1. The number of nitrogens with zero attached hydrogens (tertiary/aromatic N) is 2. The molecule has 0 saturated carbocycles. The molecule has 0 radical (unpaired) electrons. The van der Waals surface area contributed by atoms with Gasteiger partial charge in [0.25, 0.3) is 0 Å². The Morgan fingerprint density at radius 1 is 1.44 bits per heavy atom. The number of aromatic nitrogens is 1. The van der Waals surface area contributed by atoms with Crippen LogP contribution in [0.15, 0.2) is 46.8 Å². The lowest BCUT2D eigenvalue weighted by Crippen LogP contribution is -2.23. The molecule has 0 spiro atoms. The maximum Gasteiger partial charge on any atom is 0.391 e. The fourth-order valence-electron chi connectivity index (χ4n) is 2.22. The Bertz CT molecular complexity index is 800. The first kappa shape index (κ1) is 20.9. The minimum Gasteiger partial charge on any atom is -0.398 e. The Balaban J connectivity index is 2.00. The summed E-state index contributed by atoms with van der Waals surface area (Å²) in [5.74, 6) is 0. The molecule has 0 fully saturated rings. The molecule has 0 aliphatic heterocycles. The summed E-state index contributed by atoms with van der Waals surface area (Å²) in [6.45, 7) is -0.266. The van der Waals surface area contributed by atoms with Gasteiger partial charge in [-0.25, -0.2) is 0 Å². The molecule has 2 N–H and O–H groups in total. The zero-order valence-electron chi connectivity index (χ0n) is 14.1. The number of rotatable bonds is 7. The van der Waals surface area contributed by atoms with Crippen molar-refractivity contribution in [1.82, 2.24) is 4.98 Å². The molecule has 0 bridgehead atoms. The van der Waals surface area contributed by atoms with Gasteiger partial charge >= 0.3 is 6.18 Å². The Hall–Kier alpha value is -2.41. The van der Waals surface area contributed by atoms with Crippen molar-refractivity contribution >= 4 is 29.8 Å². The first-order valence-corrected chi connectivity index (χ1v) is 8.39. The van der Waals surface area contributed by atoms with E-state index in [-0.39, 0.29) is 12.2 Å². The Morgan fingerprint density at radius 3 is 2.93 bits per heavy atom. The van der Waals surface area contributed by atoms with Crippen molar-refractivity contribution in [2.24, 2.45) is 4.99 Å². The van der Waals surface area contributed by atoms with E-state index in [0.717, 1.165) is 0 Å². The summed E-state index contributed by atoms with van der Waals surface area (Å²) >= 11 is 6.20. The summed E-state index contributed by atoms with van der Waals surface area (Å²) < 4.78 is 41.8. The maximum atomic E-state index is 12.2. The number of nitrogens with two attached hydrogens (primary N) is 1. The molecule has 2 unspecified atom stereocenters. The van der Waals surface area contributed by atoms with Crippen LogP contribution in [0.4, 0.5) is 18.9 Å². The van der Waals surface area contributed by atoms with E-state index in [4.69, 9.17) is 22.1 Å². The molecule has 0 amide bonds. The molecule has 1 heterocycles. The predicted octanol–water partition coefficient (Wildman–Crippen LogP) is 3.49. The van der Waals surface area contributed by atoms with Crippen LogP contribution in [0, 0.1) is 0 Å². The van der Waals surface area contributed by atoms with Crippen molar-refractivity contribution < 1.29 is 22.7 Å². The van der Waals surface area contributed by atoms with E-state index in [9.17, 15) is 18.0 Å². The third-order valence-corrected chi connectivity index (χ3v) is 3.95. The van der Waals surface area contributed by atoms with Crippen LogP contribution in [0.5, 0.6) is 0 Å². The fraction of sp³-hybridized carbons (Fsp3) is 0.333. The number of alkyl halides is 4. The topological polar surface area (TPSA) is 77.6 Å². The average molecular weight is 400 g/mol. The quantitative estimate of drug-likeness (QED) is 0.329. The van der Waals surface area contributed by atoms with Gasteiger partial charge in [0.15, 0.2) is 6.29 Å². The van der Waals surface area contributed by atoms with E-state index in [2.05, 4.69) is 15.7 Å². The Labute approximate surface area is 159 Å². The van der Waals surface area contributed by atoms with Gasteiger partial charge in [-0.1, -0.05) is 6.08 Å². The lowest BCUT2D eigenvalue weighted by Gasteiger charge is -2.17. The SMILES string of the molecule is Nc1ccnc(C=O)c1C=NCC1=CC(Cl)C(OCCC(F)(F)F)C=C=C1. The predicted molar refractivity (Wildman–Crippen MR) is 97.3 cm³/mol. The number of anilines is 1. The number of aliphatic imine (C=N–C) groups is 1. The van der Waals surface area contributed by atoms with Gasteiger partial charge in [-0.2, -0.15) is 13.2 Å². The van der Waals surface area contributed by atoms with E-state index >= 15 is 0 Å². The Morgan fingerprint density at radius 2 is 2.22 bits per heavy atom. The summed E-state index contributed by atoms with van der Waals surface area (Å²) in [6, 6.07) is 1.56. The molecule has 0 saturated heterocycles. The molecule has 2 rings (SSSR count). The van der Waals surface area contributed by atoms with Crippen LogP contribution in [0.25, 0.3) is 0 Å². The number of aldehydes is 1. The summed E-state index contributed by atoms with van der Waals surface area (Å²) in [6.07, 6.45) is 2.14. The van der Waals surface area contributed by atoms with Crippen LogP contribution in [0.2, 0.25) is 0 Å². The van der Waals surface area contributed by atoms with E-state index in [0.29, 0.717) is 23.1 Å². The molecule has 1 aliphatic rings. The monoisotopic (exact) mass is 399 g/mol. The average Bonchev–Trinajstić information content (AvgIpc) is 2.77. The van der Waals surface area contributed by atoms with Gasteiger partial charge in [-0.15, -0.1) is 17.3 Å². The zero-order valence-corrected chi connectivity index (χ0v) is 14.9. The van der Waals surface area contributed by atoms with Gasteiger partial charge in [0, 0.05) is 23.7 Å². The molecule has 1 aromatic heterocycles. The number of carbonyl (C=O) groups is 1. The summed E-state index contributed by atoms with van der Waals surface area (Å²) in [7, 11) is 0. The van der Waals surface area contributed by atoms with Crippen LogP contribution in [0.3, 0.4) is 0 Å². The lowest BCUT2D eigenvalue weighted by molar-refractivity contribution is -0.147. The number of hydrogen-bond acceptors (Lipinski definition) is 5. The fourth-order valence-corrected chi connectivity index (χ4v) is 2.53. The smallest absolute Gasteiger partial charge is 0.391 e. The normalized spacial score (nSPS) is 19.9. The van der Waals surface area contributed by atoms with Gasteiger partial charge in [0.1, 0.15) is 11.8 Å². The molecule has 1 aliphatic carbocycles. The van der Waals surface area contributed by atoms with Gasteiger partial charge < -0.3 is 10.5 Å². The molecular formula is C18H17ClF3N3O2. The highest BCUT2D eigenvalue weighted by molar-refractivity contribution is 6.22. The molecule has 144 valence electrons. The van der Waals surface area contributed by atoms with Crippen LogP contribution < -0.4 is 5.73 Å². The molecule has 5 nitrogen and oxygen atoms in total. The first-order valence-electron chi connectivity index (χ1n) is 7.95. The minimum atomic E-state index is -4.28. The third-order valence-electron chi connectivity index (χ3n) is 3.57. The number of carbonyl (C=O) groups excluding carboxylic acids is 1. The van der Waals surface area contributed by atoms with Crippen molar-refractivity contribution in [3.8, 4) is 0 Å². The minimum absolute atomic E-state index is 0.178. The number of nitrogen functional groups attached to an aromatic ring is 1. The van der Waals surface area contributed by atoms with Gasteiger partial charge in [0.05, 0.1) is 24.9 Å². The van der Waals surface area contributed by atoms with E-state index in [1.165, 1.54) is 18.5 Å². The summed E-state index contributed by atoms with van der Waals surface area (Å²) in [5.41, 5.74) is 10.3. The van der Waals surface area contributed by atoms with E-state index in [1.54, 1.807) is 18.2 Å². The Kier molecular flexibility index (Phi) is 7.36. The van der Waals surface area contributed by atoms with Crippen molar-refractivity contribution in [3.05, 3.63) is 53.1 Å². The molecular weight excluding hydrogens is 383 g/mol. The van der Waals surface area contributed by atoms with Crippen molar-refractivity contribution in [2.45, 2.75) is 24.1 Å². The van der Waals surface area contributed by atoms with Crippen molar-refractivity contribution in [3.63, 3.8) is 0 Å². The highest BCUT2D eigenvalue weighted by Gasteiger charge is 2.28. The largest absolute Gasteiger partial charge is 0.398 e. The van der Waals surface area contributed by atoms with Gasteiger partial charge in [-0.3, -0.25) is 14.8 Å². The van der Waals surface area contributed by atoms with Crippen LogP contribution in [-0.4, -0.2) is 48.3 Å². The van der Waals surface area contributed by atoms with Crippen LogP contribution >= 0.6 is 11.6 Å². The van der Waals surface area contributed by atoms with Gasteiger partial charge in [-0.05, 0) is 23.8 Å². The second-order valence-corrected chi connectivity index (χ2v) is 6.15. The summed E-state index contributed by atoms with van der Waals surface area (Å²) in [4.78, 5) is 19.1. The second-order valence-electron chi connectivity index (χ2n) is 5.65. The van der Waals surface area contributed by atoms with Gasteiger partial charge in [0.2, 0.25) is 0 Å². The van der Waals surface area contributed by atoms with E-state index < -0.39 is 30.7 Å². The van der Waals surface area contributed by atoms with Crippen molar-refractivity contribution in [1.29, 1.82) is 0 Å². The molecule has 0 aromatic carbocycles. The standard InChI is InChI=1S/C18H17ClF3N3O2/c19-14-8-12(2-1-3-17(14)27-7-5-18(20,21)22)9-24-10-13-15(23)4-6-25-16(13)11-26/h2-4,6,8,10-11,14,17H,5,7,9H2,(H2,23,25). The summed E-state index contributed by atoms with van der Waals surface area (Å²) in [5, 5.41) is -0.663. The van der Waals surface area contributed by atoms with Crippen molar-refractivity contribution in [2.75, 3.05) is 18.9 Å². The maximum absolute atomic E-state index is 12.2. The highest BCUT2D eigenvalue weighted by Crippen LogP contribution is 2.22. The van der Waals surface area contributed by atoms with E-state index in [1.807, 2.05) is 0 Å². The number of halogens is 4. The first-order chi connectivity index (χ1) is 12.8.